The number of hydrogen-bond donors (Lipinski definition) is 2. The predicted molar refractivity (Wildman–Crippen MR) is 67.8 cm³/mol. The summed E-state index contributed by atoms with van der Waals surface area (Å²) in [6.45, 7) is 0. The molecule has 0 bridgehead atoms. The number of rotatable bonds is 4. The largest absolute Gasteiger partial charge is 0.507 e. The lowest BCUT2D eigenvalue weighted by Gasteiger charge is -2.18. The van der Waals surface area contributed by atoms with Crippen molar-refractivity contribution in [2.24, 2.45) is 5.92 Å². The first-order valence-electron chi connectivity index (χ1n) is 6.72. The molecule has 3 heteroatoms. The number of aliphatic carboxylic acids is 1. The molecule has 1 unspecified atom stereocenters. The van der Waals surface area contributed by atoms with Crippen LogP contribution in [0.1, 0.15) is 48.3 Å². The van der Waals surface area contributed by atoms with Crippen LogP contribution in [-0.4, -0.2) is 16.2 Å². The lowest BCUT2D eigenvalue weighted by Crippen LogP contribution is -2.09. The number of carbonyl (C=O) groups is 1. The third-order valence-electron chi connectivity index (χ3n) is 4.27. The summed E-state index contributed by atoms with van der Waals surface area (Å²) in [5.74, 6) is 0.0507. The molecule has 1 atom stereocenters. The molecule has 0 saturated heterocycles. The first-order chi connectivity index (χ1) is 8.66. The number of hydrogen-bond acceptors (Lipinski definition) is 2. The fraction of sp³-hybridized carbons (Fsp3) is 0.533. The van der Waals surface area contributed by atoms with Crippen molar-refractivity contribution in [3.63, 3.8) is 0 Å². The minimum atomic E-state index is -0.771. The molecule has 0 spiro atoms. The topological polar surface area (TPSA) is 57.5 Å². The molecular formula is C15H18O3. The van der Waals surface area contributed by atoms with Gasteiger partial charge in [0.05, 0.1) is 6.42 Å². The molecule has 2 aliphatic rings. The average molecular weight is 246 g/mol. The Morgan fingerprint density at radius 3 is 2.78 bits per heavy atom. The van der Waals surface area contributed by atoms with Crippen LogP contribution in [-0.2, 0) is 17.6 Å². The Kier molecular flexibility index (Phi) is 2.77. The molecule has 0 aliphatic heterocycles. The maximum Gasteiger partial charge on any atom is 0.303 e. The van der Waals surface area contributed by atoms with Gasteiger partial charge in [-0.3, -0.25) is 4.79 Å². The van der Waals surface area contributed by atoms with Gasteiger partial charge >= 0.3 is 5.97 Å². The van der Waals surface area contributed by atoms with Gasteiger partial charge in [-0.2, -0.15) is 0 Å². The smallest absolute Gasteiger partial charge is 0.303 e. The van der Waals surface area contributed by atoms with E-state index in [-0.39, 0.29) is 12.3 Å². The molecule has 1 fully saturated rings. The van der Waals surface area contributed by atoms with Crippen molar-refractivity contribution in [2.45, 2.75) is 44.4 Å². The summed E-state index contributed by atoms with van der Waals surface area (Å²) in [5.41, 5.74) is 3.16. The van der Waals surface area contributed by atoms with Gasteiger partial charge in [0, 0.05) is 5.92 Å². The third kappa shape index (κ3) is 1.98. The first-order valence-corrected chi connectivity index (χ1v) is 6.72. The van der Waals surface area contributed by atoms with Crippen molar-refractivity contribution in [1.29, 1.82) is 0 Å². The highest BCUT2D eigenvalue weighted by Crippen LogP contribution is 2.48. The van der Waals surface area contributed by atoms with Crippen LogP contribution in [0, 0.1) is 5.92 Å². The molecule has 0 amide bonds. The number of carboxylic acids is 1. The van der Waals surface area contributed by atoms with E-state index < -0.39 is 5.97 Å². The van der Waals surface area contributed by atoms with Crippen LogP contribution in [0.4, 0.5) is 0 Å². The standard InChI is InChI=1S/C15H18O3/c16-14(17)8-13(10-4-5-10)12-7-6-9-2-1-3-11(9)15(12)18/h6-7,10,13,18H,1-5,8H2,(H,16,17). The van der Waals surface area contributed by atoms with Gasteiger partial charge < -0.3 is 10.2 Å². The molecule has 0 heterocycles. The van der Waals surface area contributed by atoms with Crippen LogP contribution in [0.3, 0.4) is 0 Å². The van der Waals surface area contributed by atoms with Crippen LogP contribution >= 0.6 is 0 Å². The van der Waals surface area contributed by atoms with Crippen LogP contribution < -0.4 is 0 Å². The quantitative estimate of drug-likeness (QED) is 0.858. The van der Waals surface area contributed by atoms with Crippen molar-refractivity contribution in [2.75, 3.05) is 0 Å². The molecule has 1 saturated carbocycles. The molecule has 96 valence electrons. The van der Waals surface area contributed by atoms with Crippen molar-refractivity contribution in [3.8, 4) is 5.75 Å². The first kappa shape index (κ1) is 11.6. The van der Waals surface area contributed by atoms with E-state index in [0.29, 0.717) is 11.7 Å². The molecule has 3 nitrogen and oxygen atoms in total. The van der Waals surface area contributed by atoms with Gasteiger partial charge in [0.2, 0.25) is 0 Å². The monoisotopic (exact) mass is 246 g/mol. The second kappa shape index (κ2) is 4.30. The molecule has 2 N–H and O–H groups in total. The second-order valence-electron chi connectivity index (χ2n) is 5.54. The van der Waals surface area contributed by atoms with Crippen LogP contribution in [0.5, 0.6) is 5.75 Å². The molecule has 2 aliphatic carbocycles. The SMILES string of the molecule is O=C(O)CC(c1ccc2c(c1O)CCC2)C1CC1. The molecular weight excluding hydrogens is 228 g/mol. The Balaban J connectivity index is 1.96. The van der Waals surface area contributed by atoms with E-state index in [1.165, 1.54) is 5.56 Å². The van der Waals surface area contributed by atoms with Crippen LogP contribution in [0.2, 0.25) is 0 Å². The third-order valence-corrected chi connectivity index (χ3v) is 4.27. The van der Waals surface area contributed by atoms with E-state index in [1.807, 2.05) is 6.07 Å². The fourth-order valence-electron chi connectivity index (χ4n) is 3.18. The second-order valence-corrected chi connectivity index (χ2v) is 5.54. The highest BCUT2D eigenvalue weighted by Gasteiger charge is 2.36. The Labute approximate surface area is 106 Å². The number of benzene rings is 1. The Bertz CT molecular complexity index is 489. The maximum atomic E-state index is 11.0. The summed E-state index contributed by atoms with van der Waals surface area (Å²) in [6, 6.07) is 4.03. The summed E-state index contributed by atoms with van der Waals surface area (Å²) in [5, 5.41) is 19.4. The zero-order valence-electron chi connectivity index (χ0n) is 10.4. The number of fused-ring (bicyclic) bond motifs is 1. The summed E-state index contributed by atoms with van der Waals surface area (Å²) in [7, 11) is 0. The highest BCUT2D eigenvalue weighted by atomic mass is 16.4. The van der Waals surface area contributed by atoms with Gasteiger partial charge in [-0.05, 0) is 54.7 Å². The minimum Gasteiger partial charge on any atom is -0.507 e. The summed E-state index contributed by atoms with van der Waals surface area (Å²) in [4.78, 5) is 11.0. The number of carboxylic acid groups (broad SMARTS) is 1. The van der Waals surface area contributed by atoms with E-state index in [1.54, 1.807) is 0 Å². The Morgan fingerprint density at radius 1 is 1.33 bits per heavy atom. The predicted octanol–water partition coefficient (Wildman–Crippen LogP) is 2.85. The molecule has 0 radical (unpaired) electrons. The van der Waals surface area contributed by atoms with E-state index in [9.17, 15) is 9.90 Å². The van der Waals surface area contributed by atoms with E-state index >= 15 is 0 Å². The lowest BCUT2D eigenvalue weighted by atomic mass is 9.88. The molecule has 1 aromatic rings. The van der Waals surface area contributed by atoms with Gasteiger partial charge in [-0.25, -0.2) is 0 Å². The van der Waals surface area contributed by atoms with Crippen molar-refractivity contribution in [3.05, 3.63) is 28.8 Å². The van der Waals surface area contributed by atoms with Crippen molar-refractivity contribution < 1.29 is 15.0 Å². The van der Waals surface area contributed by atoms with E-state index in [2.05, 4.69) is 6.07 Å². The highest BCUT2D eigenvalue weighted by molar-refractivity contribution is 5.68. The normalized spacial score (nSPS) is 19.6. The molecule has 18 heavy (non-hydrogen) atoms. The number of phenols is 1. The van der Waals surface area contributed by atoms with Gasteiger partial charge in [0.1, 0.15) is 5.75 Å². The number of aromatic hydroxyl groups is 1. The van der Waals surface area contributed by atoms with Gasteiger partial charge in [-0.15, -0.1) is 0 Å². The molecule has 0 aromatic heterocycles. The summed E-state index contributed by atoms with van der Waals surface area (Å²) < 4.78 is 0. The number of aryl methyl sites for hydroxylation is 1. The summed E-state index contributed by atoms with van der Waals surface area (Å²) >= 11 is 0. The molecule has 1 aromatic carbocycles. The zero-order chi connectivity index (χ0) is 12.7. The zero-order valence-corrected chi connectivity index (χ0v) is 10.4. The summed E-state index contributed by atoms with van der Waals surface area (Å²) in [6.07, 6.45) is 5.38. The Morgan fingerprint density at radius 2 is 2.11 bits per heavy atom. The fourth-order valence-corrected chi connectivity index (χ4v) is 3.18. The molecule has 3 rings (SSSR count). The van der Waals surface area contributed by atoms with Crippen molar-refractivity contribution in [1.82, 2.24) is 0 Å². The van der Waals surface area contributed by atoms with Crippen molar-refractivity contribution >= 4 is 5.97 Å². The lowest BCUT2D eigenvalue weighted by molar-refractivity contribution is -0.137. The number of phenolic OH excluding ortho intramolecular Hbond substituents is 1. The van der Waals surface area contributed by atoms with E-state index in [0.717, 1.165) is 43.2 Å². The Hall–Kier alpha value is -1.51. The van der Waals surface area contributed by atoms with Gasteiger partial charge in [0.25, 0.3) is 0 Å². The van der Waals surface area contributed by atoms with Crippen LogP contribution in [0.15, 0.2) is 12.1 Å². The maximum absolute atomic E-state index is 11.0. The minimum absolute atomic E-state index is 0.00611. The average Bonchev–Trinajstić information content (AvgIpc) is 3.05. The van der Waals surface area contributed by atoms with Crippen LogP contribution in [0.25, 0.3) is 0 Å². The van der Waals surface area contributed by atoms with Gasteiger partial charge in [-0.1, -0.05) is 12.1 Å². The van der Waals surface area contributed by atoms with Gasteiger partial charge in [0.15, 0.2) is 0 Å². The van der Waals surface area contributed by atoms with E-state index in [4.69, 9.17) is 5.11 Å².